The highest BCUT2D eigenvalue weighted by Gasteiger charge is 2.25. The smallest absolute Gasteiger partial charge is 0.0630 e. The zero-order chi connectivity index (χ0) is 12.0. The Morgan fingerprint density at radius 1 is 1.56 bits per heavy atom. The first-order chi connectivity index (χ1) is 7.69. The summed E-state index contributed by atoms with van der Waals surface area (Å²) < 4.78 is 5.30. The number of nitrogens with zero attached hydrogens (tertiary/aromatic N) is 2. The van der Waals surface area contributed by atoms with Crippen molar-refractivity contribution in [1.82, 2.24) is 15.1 Å². The maximum Gasteiger partial charge on any atom is 0.0630 e. The van der Waals surface area contributed by atoms with E-state index in [4.69, 9.17) is 4.74 Å². The second-order valence-corrected chi connectivity index (χ2v) is 4.89. The maximum atomic E-state index is 5.30. The zero-order valence-electron chi connectivity index (χ0n) is 11.2. The van der Waals surface area contributed by atoms with E-state index in [2.05, 4.69) is 29.2 Å². The van der Waals surface area contributed by atoms with Crippen LogP contribution in [0.4, 0.5) is 0 Å². The molecule has 1 heterocycles. The normalized spacial score (nSPS) is 24.9. The summed E-state index contributed by atoms with van der Waals surface area (Å²) in [5, 5.41) is 3.25. The predicted octanol–water partition coefficient (Wildman–Crippen LogP) is 0.247. The molecule has 2 unspecified atom stereocenters. The Kier molecular flexibility index (Phi) is 6.28. The van der Waals surface area contributed by atoms with E-state index < -0.39 is 0 Å². The van der Waals surface area contributed by atoms with Crippen molar-refractivity contribution >= 4 is 0 Å². The van der Waals surface area contributed by atoms with Gasteiger partial charge in [-0.25, -0.2) is 0 Å². The Labute approximate surface area is 99.9 Å². The number of hydrogen-bond donors (Lipinski definition) is 1. The van der Waals surface area contributed by atoms with Crippen LogP contribution in [-0.2, 0) is 4.74 Å². The van der Waals surface area contributed by atoms with Crippen LogP contribution in [0.15, 0.2) is 0 Å². The molecule has 1 rings (SSSR count). The molecule has 0 aliphatic carbocycles. The number of likely N-dealkylation sites (tertiary alicyclic amines) is 1. The van der Waals surface area contributed by atoms with Gasteiger partial charge in [0.2, 0.25) is 0 Å². The van der Waals surface area contributed by atoms with Gasteiger partial charge >= 0.3 is 0 Å². The Hall–Kier alpha value is -0.160. The molecular formula is C12H27N3O. The number of nitrogens with one attached hydrogen (secondary N) is 1. The number of likely N-dealkylation sites (N-methyl/N-ethyl adjacent to an activating group) is 3. The fraction of sp³-hybridized carbons (Fsp3) is 1.00. The van der Waals surface area contributed by atoms with Crippen LogP contribution in [0.3, 0.4) is 0 Å². The van der Waals surface area contributed by atoms with Gasteiger partial charge in [-0.2, -0.15) is 0 Å². The first-order valence-corrected chi connectivity index (χ1v) is 6.23. The Morgan fingerprint density at radius 2 is 2.31 bits per heavy atom. The molecule has 1 fully saturated rings. The van der Waals surface area contributed by atoms with Gasteiger partial charge < -0.3 is 15.0 Å². The number of ether oxygens (including phenoxy) is 1. The van der Waals surface area contributed by atoms with E-state index in [0.717, 1.165) is 13.2 Å². The van der Waals surface area contributed by atoms with Crippen molar-refractivity contribution in [3.8, 4) is 0 Å². The Balaban J connectivity index is 2.47. The fourth-order valence-electron chi connectivity index (χ4n) is 2.52. The van der Waals surface area contributed by atoms with E-state index in [-0.39, 0.29) is 0 Å². The lowest BCUT2D eigenvalue weighted by molar-refractivity contribution is 0.0520. The van der Waals surface area contributed by atoms with Crippen molar-refractivity contribution < 1.29 is 4.74 Å². The molecule has 96 valence electrons. The topological polar surface area (TPSA) is 27.7 Å². The molecule has 1 N–H and O–H groups in total. The lowest BCUT2D eigenvalue weighted by Crippen LogP contribution is -2.52. The summed E-state index contributed by atoms with van der Waals surface area (Å²) >= 11 is 0. The molecule has 1 aliphatic heterocycles. The summed E-state index contributed by atoms with van der Waals surface area (Å²) in [5.41, 5.74) is 0. The highest BCUT2D eigenvalue weighted by atomic mass is 16.5. The van der Waals surface area contributed by atoms with E-state index in [0.29, 0.717) is 12.1 Å². The van der Waals surface area contributed by atoms with Gasteiger partial charge in [-0.15, -0.1) is 0 Å². The largest absolute Gasteiger partial charge is 0.383 e. The lowest BCUT2D eigenvalue weighted by atomic mass is 10.0. The lowest BCUT2D eigenvalue weighted by Gasteiger charge is -2.39. The average Bonchev–Trinajstić information content (AvgIpc) is 2.28. The van der Waals surface area contributed by atoms with E-state index in [1.807, 2.05) is 7.05 Å². The van der Waals surface area contributed by atoms with Crippen LogP contribution in [0.1, 0.15) is 12.8 Å². The van der Waals surface area contributed by atoms with Crippen molar-refractivity contribution in [2.75, 3.05) is 54.5 Å². The molecule has 0 aromatic carbocycles. The van der Waals surface area contributed by atoms with E-state index in [1.165, 1.54) is 25.9 Å². The van der Waals surface area contributed by atoms with Crippen molar-refractivity contribution in [1.29, 1.82) is 0 Å². The SMILES string of the molecule is CNCC(COC)N(C)C1CCCN(C)C1. The summed E-state index contributed by atoms with van der Waals surface area (Å²) in [6, 6.07) is 1.15. The molecule has 0 bridgehead atoms. The first-order valence-electron chi connectivity index (χ1n) is 6.23. The quantitative estimate of drug-likeness (QED) is 0.706. The molecule has 4 heteroatoms. The molecule has 0 radical (unpaired) electrons. The minimum absolute atomic E-state index is 0.478. The summed E-state index contributed by atoms with van der Waals surface area (Å²) in [4.78, 5) is 4.91. The van der Waals surface area contributed by atoms with E-state index in [9.17, 15) is 0 Å². The van der Waals surface area contributed by atoms with Crippen molar-refractivity contribution in [3.05, 3.63) is 0 Å². The highest BCUT2D eigenvalue weighted by Crippen LogP contribution is 2.15. The molecule has 4 nitrogen and oxygen atoms in total. The van der Waals surface area contributed by atoms with Gasteiger partial charge in [0.25, 0.3) is 0 Å². The van der Waals surface area contributed by atoms with Gasteiger partial charge in [0.15, 0.2) is 0 Å². The molecule has 2 atom stereocenters. The second kappa shape index (κ2) is 7.22. The molecule has 1 saturated heterocycles. The summed E-state index contributed by atoms with van der Waals surface area (Å²) in [6.07, 6.45) is 2.62. The number of methoxy groups -OCH3 is 1. The van der Waals surface area contributed by atoms with Crippen LogP contribution in [-0.4, -0.2) is 76.4 Å². The third-order valence-corrected chi connectivity index (χ3v) is 3.55. The molecule has 0 spiro atoms. The van der Waals surface area contributed by atoms with Crippen LogP contribution < -0.4 is 5.32 Å². The molecule has 0 aromatic rings. The highest BCUT2D eigenvalue weighted by molar-refractivity contribution is 4.82. The summed E-state index contributed by atoms with van der Waals surface area (Å²) in [5.74, 6) is 0. The van der Waals surface area contributed by atoms with Crippen molar-refractivity contribution in [2.45, 2.75) is 24.9 Å². The maximum absolute atomic E-state index is 5.30. The molecule has 0 aromatic heterocycles. The van der Waals surface area contributed by atoms with Gasteiger partial charge in [-0.05, 0) is 40.5 Å². The third kappa shape index (κ3) is 4.01. The fourth-order valence-corrected chi connectivity index (χ4v) is 2.52. The van der Waals surface area contributed by atoms with Gasteiger partial charge in [-0.1, -0.05) is 0 Å². The number of hydrogen-bond acceptors (Lipinski definition) is 4. The zero-order valence-corrected chi connectivity index (χ0v) is 11.2. The van der Waals surface area contributed by atoms with Crippen molar-refractivity contribution in [3.63, 3.8) is 0 Å². The van der Waals surface area contributed by atoms with Crippen LogP contribution in [0.5, 0.6) is 0 Å². The van der Waals surface area contributed by atoms with Crippen LogP contribution in [0.25, 0.3) is 0 Å². The van der Waals surface area contributed by atoms with E-state index in [1.54, 1.807) is 7.11 Å². The van der Waals surface area contributed by atoms with E-state index >= 15 is 0 Å². The number of piperidine rings is 1. The Bertz CT molecular complexity index is 178. The summed E-state index contributed by atoms with van der Waals surface area (Å²) in [6.45, 7) is 4.22. The molecule has 16 heavy (non-hydrogen) atoms. The van der Waals surface area contributed by atoms with Crippen LogP contribution in [0, 0.1) is 0 Å². The minimum atomic E-state index is 0.478. The van der Waals surface area contributed by atoms with Gasteiger partial charge in [0.05, 0.1) is 6.61 Å². The Morgan fingerprint density at radius 3 is 2.88 bits per heavy atom. The standard InChI is InChI=1S/C12H27N3O/c1-13-8-12(10-16-4)15(3)11-6-5-7-14(2)9-11/h11-13H,5-10H2,1-4H3. The van der Waals surface area contributed by atoms with Crippen LogP contribution >= 0.6 is 0 Å². The predicted molar refractivity (Wildman–Crippen MR) is 67.9 cm³/mol. The second-order valence-electron chi connectivity index (χ2n) is 4.89. The monoisotopic (exact) mass is 229 g/mol. The molecule has 1 aliphatic rings. The van der Waals surface area contributed by atoms with Gasteiger partial charge in [-0.3, -0.25) is 4.90 Å². The molecule has 0 amide bonds. The number of rotatable bonds is 6. The first kappa shape index (κ1) is 13.9. The van der Waals surface area contributed by atoms with Gasteiger partial charge in [0, 0.05) is 32.3 Å². The van der Waals surface area contributed by atoms with Crippen molar-refractivity contribution in [2.24, 2.45) is 0 Å². The third-order valence-electron chi connectivity index (χ3n) is 3.55. The molecular weight excluding hydrogens is 202 g/mol. The van der Waals surface area contributed by atoms with Gasteiger partial charge in [0.1, 0.15) is 0 Å². The minimum Gasteiger partial charge on any atom is -0.383 e. The molecule has 0 saturated carbocycles. The summed E-state index contributed by atoms with van der Waals surface area (Å²) in [7, 11) is 8.22. The average molecular weight is 229 g/mol. The van der Waals surface area contributed by atoms with Crippen LogP contribution in [0.2, 0.25) is 0 Å².